The third-order valence-electron chi connectivity index (χ3n) is 2.42. The Morgan fingerprint density at radius 1 is 1.00 bits per heavy atom. The van der Waals surface area contributed by atoms with Crippen LogP contribution in [0.3, 0.4) is 0 Å². The summed E-state index contributed by atoms with van der Waals surface area (Å²) < 4.78 is 5.10. The van der Waals surface area contributed by atoms with Crippen LogP contribution in [-0.4, -0.2) is 7.11 Å². The molecule has 0 aliphatic heterocycles. The zero-order valence-corrected chi connectivity index (χ0v) is 8.97. The van der Waals surface area contributed by atoms with Gasteiger partial charge in [-0.1, -0.05) is 24.3 Å². The predicted octanol–water partition coefficient (Wildman–Crippen LogP) is 3.23. The quantitative estimate of drug-likeness (QED) is 0.760. The number of ether oxygens (including phenoxy) is 1. The van der Waals surface area contributed by atoms with Crippen molar-refractivity contribution < 1.29 is 4.74 Å². The molecule has 0 unspecified atom stereocenters. The number of methoxy groups -OCH3 is 1. The van der Waals surface area contributed by atoms with E-state index < -0.39 is 0 Å². The van der Waals surface area contributed by atoms with E-state index in [9.17, 15) is 0 Å². The molecule has 0 amide bonds. The van der Waals surface area contributed by atoms with Crippen molar-refractivity contribution in [1.29, 1.82) is 5.26 Å². The van der Waals surface area contributed by atoms with E-state index in [1.807, 2.05) is 42.5 Å². The summed E-state index contributed by atoms with van der Waals surface area (Å²) in [6, 6.07) is 17.5. The van der Waals surface area contributed by atoms with E-state index in [4.69, 9.17) is 10.00 Å². The van der Waals surface area contributed by atoms with E-state index >= 15 is 0 Å². The molecule has 0 atom stereocenters. The van der Waals surface area contributed by atoms with Crippen LogP contribution in [0.5, 0.6) is 5.75 Å². The molecule has 0 radical (unpaired) electrons. The Morgan fingerprint density at radius 3 is 2.38 bits per heavy atom. The van der Waals surface area contributed by atoms with Crippen molar-refractivity contribution in [1.82, 2.24) is 0 Å². The van der Waals surface area contributed by atoms with Gasteiger partial charge in [-0.05, 0) is 35.4 Å². The number of rotatable bonds is 2. The van der Waals surface area contributed by atoms with Crippen molar-refractivity contribution in [3.8, 4) is 22.9 Å². The molecule has 2 aromatic rings. The molecule has 16 heavy (non-hydrogen) atoms. The van der Waals surface area contributed by atoms with Crippen LogP contribution in [0.2, 0.25) is 0 Å². The number of benzene rings is 2. The number of nitriles is 1. The summed E-state index contributed by atoms with van der Waals surface area (Å²) >= 11 is 0. The molecule has 2 aromatic carbocycles. The Kier molecular flexibility index (Phi) is 2.88. The fraction of sp³-hybridized carbons (Fsp3) is 0.0714. The van der Waals surface area contributed by atoms with Gasteiger partial charge in [-0.15, -0.1) is 0 Å². The largest absolute Gasteiger partial charge is 0.497 e. The average molecular weight is 209 g/mol. The van der Waals surface area contributed by atoms with Gasteiger partial charge >= 0.3 is 0 Å². The number of hydrogen-bond acceptors (Lipinski definition) is 2. The van der Waals surface area contributed by atoms with E-state index in [0.717, 1.165) is 16.9 Å². The van der Waals surface area contributed by atoms with Crippen molar-refractivity contribution in [2.45, 2.75) is 0 Å². The summed E-state index contributed by atoms with van der Waals surface area (Å²) in [5, 5.41) is 8.82. The minimum absolute atomic E-state index is 0.674. The van der Waals surface area contributed by atoms with E-state index in [-0.39, 0.29) is 0 Å². The molecular weight excluding hydrogens is 198 g/mol. The summed E-state index contributed by atoms with van der Waals surface area (Å²) in [7, 11) is 1.64. The van der Waals surface area contributed by atoms with Crippen LogP contribution in [0.4, 0.5) is 0 Å². The molecule has 2 nitrogen and oxygen atoms in total. The zero-order valence-electron chi connectivity index (χ0n) is 8.97. The number of hydrogen-bond donors (Lipinski definition) is 0. The molecule has 0 aliphatic rings. The monoisotopic (exact) mass is 209 g/mol. The van der Waals surface area contributed by atoms with Gasteiger partial charge < -0.3 is 4.74 Å². The Bertz CT molecular complexity index is 523. The van der Waals surface area contributed by atoms with Gasteiger partial charge in [0.1, 0.15) is 5.75 Å². The SMILES string of the molecule is COc1ccc(-c2cccc(C#N)c2)cc1. The first-order chi connectivity index (χ1) is 7.83. The van der Waals surface area contributed by atoms with Gasteiger partial charge in [-0.3, -0.25) is 0 Å². The van der Waals surface area contributed by atoms with Crippen molar-refractivity contribution in [3.05, 3.63) is 54.1 Å². The van der Waals surface area contributed by atoms with Crippen LogP contribution in [0.15, 0.2) is 48.5 Å². The molecule has 0 N–H and O–H groups in total. The predicted molar refractivity (Wildman–Crippen MR) is 63.1 cm³/mol. The first kappa shape index (κ1) is 10.3. The second-order valence-corrected chi connectivity index (χ2v) is 3.42. The van der Waals surface area contributed by atoms with E-state index in [0.29, 0.717) is 5.56 Å². The topological polar surface area (TPSA) is 33.0 Å². The molecule has 2 rings (SSSR count). The Balaban J connectivity index is 2.39. The van der Waals surface area contributed by atoms with Crippen LogP contribution >= 0.6 is 0 Å². The van der Waals surface area contributed by atoms with Crippen LogP contribution in [-0.2, 0) is 0 Å². The lowest BCUT2D eigenvalue weighted by molar-refractivity contribution is 0.415. The minimum atomic E-state index is 0.674. The van der Waals surface area contributed by atoms with Gasteiger partial charge in [-0.25, -0.2) is 0 Å². The Hall–Kier alpha value is -2.27. The lowest BCUT2D eigenvalue weighted by Crippen LogP contribution is -1.83. The maximum Gasteiger partial charge on any atom is 0.118 e. The minimum Gasteiger partial charge on any atom is -0.497 e. The van der Waals surface area contributed by atoms with Crippen LogP contribution in [0.1, 0.15) is 5.56 Å². The molecular formula is C14H11NO. The second kappa shape index (κ2) is 4.50. The highest BCUT2D eigenvalue weighted by atomic mass is 16.5. The normalized spacial score (nSPS) is 9.50. The summed E-state index contributed by atoms with van der Waals surface area (Å²) in [6.45, 7) is 0. The molecule has 0 aliphatic carbocycles. The van der Waals surface area contributed by atoms with Gasteiger partial charge in [0.2, 0.25) is 0 Å². The molecule has 0 aromatic heterocycles. The van der Waals surface area contributed by atoms with Crippen LogP contribution in [0, 0.1) is 11.3 Å². The molecule has 0 spiro atoms. The number of nitrogens with zero attached hydrogens (tertiary/aromatic N) is 1. The molecule has 78 valence electrons. The molecule has 0 saturated heterocycles. The molecule has 0 fully saturated rings. The van der Waals surface area contributed by atoms with Crippen LogP contribution < -0.4 is 4.74 Å². The highest BCUT2D eigenvalue weighted by Crippen LogP contribution is 2.22. The zero-order chi connectivity index (χ0) is 11.4. The first-order valence-electron chi connectivity index (χ1n) is 4.98. The van der Waals surface area contributed by atoms with Crippen molar-refractivity contribution in [2.24, 2.45) is 0 Å². The lowest BCUT2D eigenvalue weighted by atomic mass is 10.0. The van der Waals surface area contributed by atoms with E-state index in [2.05, 4.69) is 6.07 Å². The molecule has 0 saturated carbocycles. The second-order valence-electron chi connectivity index (χ2n) is 3.42. The van der Waals surface area contributed by atoms with Crippen molar-refractivity contribution in [3.63, 3.8) is 0 Å². The third kappa shape index (κ3) is 2.04. The Morgan fingerprint density at radius 2 is 1.75 bits per heavy atom. The molecule has 0 bridgehead atoms. The Labute approximate surface area is 94.7 Å². The van der Waals surface area contributed by atoms with Crippen LogP contribution in [0.25, 0.3) is 11.1 Å². The summed E-state index contributed by atoms with van der Waals surface area (Å²) in [4.78, 5) is 0. The summed E-state index contributed by atoms with van der Waals surface area (Å²) in [5.41, 5.74) is 2.80. The van der Waals surface area contributed by atoms with Gasteiger partial charge in [0.15, 0.2) is 0 Å². The maximum absolute atomic E-state index is 8.82. The summed E-state index contributed by atoms with van der Waals surface area (Å²) in [6.07, 6.45) is 0. The lowest BCUT2D eigenvalue weighted by Gasteiger charge is -2.03. The molecule has 2 heteroatoms. The van der Waals surface area contributed by atoms with E-state index in [1.54, 1.807) is 13.2 Å². The van der Waals surface area contributed by atoms with Gasteiger partial charge in [0.25, 0.3) is 0 Å². The van der Waals surface area contributed by atoms with Gasteiger partial charge in [0, 0.05) is 0 Å². The third-order valence-corrected chi connectivity index (χ3v) is 2.42. The fourth-order valence-corrected chi connectivity index (χ4v) is 1.55. The van der Waals surface area contributed by atoms with Gasteiger partial charge in [0.05, 0.1) is 18.7 Å². The first-order valence-corrected chi connectivity index (χ1v) is 4.98. The van der Waals surface area contributed by atoms with Crippen molar-refractivity contribution in [2.75, 3.05) is 7.11 Å². The standard InChI is InChI=1S/C14H11NO/c1-16-14-7-5-12(6-8-14)13-4-2-3-11(9-13)10-15/h2-9H,1H3. The maximum atomic E-state index is 8.82. The average Bonchev–Trinajstić information content (AvgIpc) is 2.39. The summed E-state index contributed by atoms with van der Waals surface area (Å²) in [5.74, 6) is 0.834. The van der Waals surface area contributed by atoms with Crippen molar-refractivity contribution >= 4 is 0 Å². The molecule has 0 heterocycles. The van der Waals surface area contributed by atoms with E-state index in [1.165, 1.54) is 0 Å². The smallest absolute Gasteiger partial charge is 0.118 e. The van der Waals surface area contributed by atoms with Gasteiger partial charge in [-0.2, -0.15) is 5.26 Å². The highest BCUT2D eigenvalue weighted by Gasteiger charge is 1.99. The fourth-order valence-electron chi connectivity index (χ4n) is 1.55. The highest BCUT2D eigenvalue weighted by molar-refractivity contribution is 5.65.